The van der Waals surface area contributed by atoms with Gasteiger partial charge >= 0.3 is 0 Å². The first kappa shape index (κ1) is 17.8. The third-order valence-corrected chi connectivity index (χ3v) is 5.39. The number of benzene rings is 2. The van der Waals surface area contributed by atoms with Crippen molar-refractivity contribution in [3.8, 4) is 0 Å². The number of hydrogen-bond donors (Lipinski definition) is 2. The Labute approximate surface area is 154 Å². The predicted molar refractivity (Wildman–Crippen MR) is 98.4 cm³/mol. The summed E-state index contributed by atoms with van der Waals surface area (Å²) in [5, 5.41) is 5.56. The molecule has 1 fully saturated rings. The van der Waals surface area contributed by atoms with E-state index in [0.717, 1.165) is 0 Å². The molecule has 0 radical (unpaired) electrons. The van der Waals surface area contributed by atoms with E-state index < -0.39 is 11.3 Å². The van der Waals surface area contributed by atoms with Crippen LogP contribution in [-0.2, 0) is 16.0 Å². The molecule has 1 aliphatic heterocycles. The number of carbonyl (C=O) groups is 2. The summed E-state index contributed by atoms with van der Waals surface area (Å²) in [5.41, 5.74) is 1.07. The first-order chi connectivity index (χ1) is 12.0. The monoisotopic (exact) mass is 378 g/mol. The van der Waals surface area contributed by atoms with Crippen LogP contribution in [0.5, 0.6) is 0 Å². The molecular formula is C18H16ClFN2O2S. The Kier molecular flexibility index (Phi) is 5.60. The molecule has 4 nitrogen and oxygen atoms in total. The van der Waals surface area contributed by atoms with Gasteiger partial charge in [0.05, 0.1) is 5.25 Å². The molecule has 1 heterocycles. The van der Waals surface area contributed by atoms with Crippen LogP contribution >= 0.6 is 23.4 Å². The molecule has 3 rings (SSSR count). The van der Waals surface area contributed by atoms with Gasteiger partial charge in [-0.1, -0.05) is 35.9 Å². The third-order valence-electron chi connectivity index (χ3n) is 3.84. The molecule has 130 valence electrons. The van der Waals surface area contributed by atoms with Crippen LogP contribution in [-0.4, -0.2) is 28.9 Å². The number of amides is 2. The van der Waals surface area contributed by atoms with Gasteiger partial charge in [0, 0.05) is 16.5 Å². The highest BCUT2D eigenvalue weighted by Crippen LogP contribution is 2.24. The van der Waals surface area contributed by atoms with E-state index in [2.05, 4.69) is 10.6 Å². The van der Waals surface area contributed by atoms with Crippen molar-refractivity contribution in [1.82, 2.24) is 5.32 Å². The van der Waals surface area contributed by atoms with Gasteiger partial charge in [0.15, 0.2) is 0 Å². The number of nitrogens with one attached hydrogen (secondary N) is 2. The summed E-state index contributed by atoms with van der Waals surface area (Å²) >= 11 is 7.25. The van der Waals surface area contributed by atoms with Crippen LogP contribution in [0.1, 0.15) is 5.56 Å². The lowest BCUT2D eigenvalue weighted by molar-refractivity contribution is -0.126. The van der Waals surface area contributed by atoms with Crippen molar-refractivity contribution in [3.05, 3.63) is 64.9 Å². The maximum absolute atomic E-state index is 13.7. The standard InChI is InChI=1S/C18H16ClFN2O2S/c19-12-5-3-6-13(9-12)21-17(23)15-10-25-16(18(24)22-15)8-11-4-1-2-7-14(11)20/h1-7,9,15-16H,8,10H2,(H,21,23)(H,22,24)/t15-,16-/m1/s1. The van der Waals surface area contributed by atoms with Gasteiger partial charge in [-0.2, -0.15) is 0 Å². The SMILES string of the molecule is O=C(Nc1cccc(Cl)c1)[C@H]1CS[C@H](Cc2ccccc2F)C(=O)N1. The Morgan fingerprint density at radius 2 is 2.08 bits per heavy atom. The fraction of sp³-hybridized carbons (Fsp3) is 0.222. The van der Waals surface area contributed by atoms with E-state index in [1.165, 1.54) is 17.8 Å². The van der Waals surface area contributed by atoms with Crippen LogP contribution in [0.2, 0.25) is 5.02 Å². The predicted octanol–water partition coefficient (Wildman–Crippen LogP) is 3.26. The maximum Gasteiger partial charge on any atom is 0.247 e. The highest BCUT2D eigenvalue weighted by atomic mass is 35.5. The van der Waals surface area contributed by atoms with Gasteiger partial charge in [-0.3, -0.25) is 9.59 Å². The second-order valence-electron chi connectivity index (χ2n) is 5.68. The molecule has 2 aromatic carbocycles. The van der Waals surface area contributed by atoms with E-state index in [-0.39, 0.29) is 17.6 Å². The smallest absolute Gasteiger partial charge is 0.247 e. The van der Waals surface area contributed by atoms with Crippen LogP contribution < -0.4 is 10.6 Å². The van der Waals surface area contributed by atoms with Crippen molar-refractivity contribution in [3.63, 3.8) is 0 Å². The molecule has 2 amide bonds. The van der Waals surface area contributed by atoms with E-state index >= 15 is 0 Å². The average molecular weight is 379 g/mol. The quantitative estimate of drug-likeness (QED) is 0.858. The Morgan fingerprint density at radius 3 is 2.80 bits per heavy atom. The summed E-state index contributed by atoms with van der Waals surface area (Å²) < 4.78 is 13.7. The summed E-state index contributed by atoms with van der Waals surface area (Å²) in [6, 6.07) is 12.6. The van der Waals surface area contributed by atoms with Gasteiger partial charge in [0.25, 0.3) is 0 Å². The highest BCUT2D eigenvalue weighted by Gasteiger charge is 2.32. The largest absolute Gasteiger partial charge is 0.343 e. The molecule has 0 spiro atoms. The molecule has 1 saturated heterocycles. The molecule has 1 aliphatic rings. The summed E-state index contributed by atoms with van der Waals surface area (Å²) in [6.07, 6.45) is 0.297. The first-order valence-electron chi connectivity index (χ1n) is 7.75. The normalized spacial score (nSPS) is 20.0. The van der Waals surface area contributed by atoms with Crippen LogP contribution in [0.3, 0.4) is 0 Å². The topological polar surface area (TPSA) is 58.2 Å². The summed E-state index contributed by atoms with van der Waals surface area (Å²) in [5.74, 6) is -0.452. The number of rotatable bonds is 4. The number of anilines is 1. The van der Waals surface area contributed by atoms with Crippen LogP contribution in [0.25, 0.3) is 0 Å². The molecule has 0 bridgehead atoms. The van der Waals surface area contributed by atoms with Crippen molar-refractivity contribution in [2.75, 3.05) is 11.1 Å². The van der Waals surface area contributed by atoms with Gasteiger partial charge < -0.3 is 10.6 Å². The van der Waals surface area contributed by atoms with Crippen LogP contribution in [0, 0.1) is 5.82 Å². The molecule has 0 aromatic heterocycles. The fourth-order valence-electron chi connectivity index (χ4n) is 2.55. The van der Waals surface area contributed by atoms with Gasteiger partial charge in [0.2, 0.25) is 11.8 Å². The van der Waals surface area contributed by atoms with Crippen molar-refractivity contribution < 1.29 is 14.0 Å². The molecule has 2 aromatic rings. The van der Waals surface area contributed by atoms with E-state index in [1.54, 1.807) is 42.5 Å². The van der Waals surface area contributed by atoms with Crippen LogP contribution in [0.15, 0.2) is 48.5 Å². The van der Waals surface area contributed by atoms with Gasteiger partial charge in [-0.15, -0.1) is 11.8 Å². The second kappa shape index (κ2) is 7.89. The minimum absolute atomic E-state index is 0.259. The number of carbonyl (C=O) groups excluding carboxylic acids is 2. The molecule has 2 atom stereocenters. The van der Waals surface area contributed by atoms with E-state index in [1.807, 2.05) is 0 Å². The third kappa shape index (κ3) is 4.52. The summed E-state index contributed by atoms with van der Waals surface area (Å²) in [6.45, 7) is 0. The lowest BCUT2D eigenvalue weighted by Gasteiger charge is -2.28. The second-order valence-corrected chi connectivity index (χ2v) is 7.35. The lowest BCUT2D eigenvalue weighted by Crippen LogP contribution is -2.52. The number of hydrogen-bond acceptors (Lipinski definition) is 3. The van der Waals surface area contributed by atoms with Crippen LogP contribution in [0.4, 0.5) is 10.1 Å². The fourth-order valence-corrected chi connectivity index (χ4v) is 3.91. The molecule has 7 heteroatoms. The molecule has 0 unspecified atom stereocenters. The molecule has 25 heavy (non-hydrogen) atoms. The number of thioether (sulfide) groups is 1. The first-order valence-corrected chi connectivity index (χ1v) is 9.17. The van der Waals surface area contributed by atoms with Gasteiger partial charge in [-0.25, -0.2) is 4.39 Å². The minimum Gasteiger partial charge on any atom is -0.343 e. The van der Waals surface area contributed by atoms with E-state index in [4.69, 9.17) is 11.6 Å². The zero-order chi connectivity index (χ0) is 17.8. The van der Waals surface area contributed by atoms with Gasteiger partial charge in [-0.05, 0) is 36.2 Å². The molecule has 2 N–H and O–H groups in total. The Bertz CT molecular complexity index is 802. The Balaban J connectivity index is 1.59. The summed E-state index contributed by atoms with van der Waals surface area (Å²) in [4.78, 5) is 24.6. The molecular weight excluding hydrogens is 363 g/mol. The minimum atomic E-state index is -0.631. The molecule has 0 saturated carbocycles. The van der Waals surface area contributed by atoms with E-state index in [0.29, 0.717) is 28.4 Å². The number of halogens is 2. The summed E-state index contributed by atoms with van der Waals surface area (Å²) in [7, 11) is 0. The Hall–Kier alpha value is -2.05. The highest BCUT2D eigenvalue weighted by molar-refractivity contribution is 8.00. The average Bonchev–Trinajstić information content (AvgIpc) is 2.58. The lowest BCUT2D eigenvalue weighted by atomic mass is 10.1. The maximum atomic E-state index is 13.7. The van der Waals surface area contributed by atoms with Crippen molar-refractivity contribution in [2.45, 2.75) is 17.7 Å². The van der Waals surface area contributed by atoms with Crippen molar-refractivity contribution in [1.29, 1.82) is 0 Å². The Morgan fingerprint density at radius 1 is 1.28 bits per heavy atom. The van der Waals surface area contributed by atoms with E-state index in [9.17, 15) is 14.0 Å². The van der Waals surface area contributed by atoms with Gasteiger partial charge in [0.1, 0.15) is 11.9 Å². The van der Waals surface area contributed by atoms with Crippen molar-refractivity contribution >= 4 is 40.9 Å². The molecule has 0 aliphatic carbocycles. The zero-order valence-electron chi connectivity index (χ0n) is 13.2. The zero-order valence-corrected chi connectivity index (χ0v) is 14.7. The van der Waals surface area contributed by atoms with Crippen molar-refractivity contribution in [2.24, 2.45) is 0 Å².